The normalized spacial score (nSPS) is 20.7. The van der Waals surface area contributed by atoms with Gasteiger partial charge in [-0.25, -0.2) is 23.9 Å². The number of aryl methyl sites for hydroxylation is 1. The number of rotatable bonds is 2. The molecule has 2 unspecified atom stereocenters. The highest BCUT2D eigenvalue weighted by Gasteiger charge is 2.45. The van der Waals surface area contributed by atoms with Gasteiger partial charge in [-0.2, -0.15) is 0 Å². The first-order chi connectivity index (χ1) is 18.1. The molecule has 2 atom stereocenters. The fourth-order valence-electron chi connectivity index (χ4n) is 5.89. The first-order valence-electron chi connectivity index (χ1n) is 13.0. The van der Waals surface area contributed by atoms with Crippen LogP contribution in [0.4, 0.5) is 31.2 Å². The Morgan fingerprint density at radius 1 is 1.16 bits per heavy atom. The summed E-state index contributed by atoms with van der Waals surface area (Å²) < 4.78 is 22.1. The summed E-state index contributed by atoms with van der Waals surface area (Å²) in [7, 11) is 0. The van der Waals surface area contributed by atoms with Crippen molar-refractivity contribution in [3.8, 4) is 0 Å². The van der Waals surface area contributed by atoms with Crippen LogP contribution >= 0.6 is 0 Å². The average Bonchev–Trinajstić information content (AvgIpc) is 3.50. The van der Waals surface area contributed by atoms with Gasteiger partial charge in [0.15, 0.2) is 5.82 Å². The maximum atomic E-state index is 14.7. The van der Waals surface area contributed by atoms with E-state index in [0.29, 0.717) is 37.5 Å². The number of fused-ring (bicyclic) bond motifs is 4. The molecule has 6 heterocycles. The number of carbonyl (C=O) groups excluding carboxylic acids is 2. The number of aromatic nitrogens is 3. The Bertz CT molecular complexity index is 1420. The minimum atomic E-state index is -0.545. The Balaban J connectivity index is 1.20. The first-order valence-corrected chi connectivity index (χ1v) is 13.0. The lowest BCUT2D eigenvalue weighted by Gasteiger charge is -2.42. The zero-order valence-electron chi connectivity index (χ0n) is 22.1. The second-order valence-electron chi connectivity index (χ2n) is 11.3. The Labute approximate surface area is 220 Å². The standard InChI is InChI=1S/C27H32FN7O3/c1-16-12-33-15-21(20(28)11-23(33)30-16)31-25(36)34-10-8-19-22(7-9-29-24(19)34)32-13-17-5-6-18(14-32)35(17)26(37)38-27(2,3)4/h7,9,11-12,15,17-18H,5-6,8,10,13-14H2,1-4H3,(H,31,36). The van der Waals surface area contributed by atoms with E-state index in [0.717, 1.165) is 29.8 Å². The maximum absolute atomic E-state index is 14.7. The molecular weight excluding hydrogens is 489 g/mol. The van der Waals surface area contributed by atoms with Crippen LogP contribution in [0.2, 0.25) is 0 Å². The average molecular weight is 522 g/mol. The molecule has 0 aromatic carbocycles. The van der Waals surface area contributed by atoms with E-state index >= 15 is 0 Å². The summed E-state index contributed by atoms with van der Waals surface area (Å²) in [6.07, 6.45) is 7.30. The van der Waals surface area contributed by atoms with Crippen molar-refractivity contribution in [1.29, 1.82) is 0 Å². The molecule has 200 valence electrons. The molecule has 0 spiro atoms. The summed E-state index contributed by atoms with van der Waals surface area (Å²) in [6.45, 7) is 9.34. The van der Waals surface area contributed by atoms with E-state index < -0.39 is 17.4 Å². The molecule has 0 saturated carbocycles. The second kappa shape index (κ2) is 8.85. The molecule has 3 aliphatic rings. The molecule has 0 aliphatic carbocycles. The number of ether oxygens (including phenoxy) is 1. The number of hydrogen-bond acceptors (Lipinski definition) is 6. The summed E-state index contributed by atoms with van der Waals surface area (Å²) in [4.78, 5) is 40.6. The molecule has 2 bridgehead atoms. The lowest BCUT2D eigenvalue weighted by molar-refractivity contribution is 0.0123. The van der Waals surface area contributed by atoms with Gasteiger partial charge in [0.1, 0.15) is 17.1 Å². The Morgan fingerprint density at radius 3 is 2.61 bits per heavy atom. The molecule has 3 aromatic rings. The molecule has 38 heavy (non-hydrogen) atoms. The van der Waals surface area contributed by atoms with Crippen molar-refractivity contribution in [2.45, 2.75) is 64.6 Å². The van der Waals surface area contributed by atoms with Crippen LogP contribution in [-0.2, 0) is 11.2 Å². The van der Waals surface area contributed by atoms with Gasteiger partial charge in [0, 0.05) is 55.5 Å². The van der Waals surface area contributed by atoms with Gasteiger partial charge in [0.25, 0.3) is 0 Å². The summed E-state index contributed by atoms with van der Waals surface area (Å²) in [6, 6.07) is 3.02. The fraction of sp³-hybridized carbons (Fsp3) is 0.481. The van der Waals surface area contributed by atoms with Gasteiger partial charge in [-0.1, -0.05) is 0 Å². The lowest BCUT2D eigenvalue weighted by Crippen LogP contribution is -2.57. The molecule has 3 aliphatic heterocycles. The number of halogens is 1. The number of nitrogens with zero attached hydrogens (tertiary/aromatic N) is 6. The zero-order chi connectivity index (χ0) is 26.8. The van der Waals surface area contributed by atoms with Crippen molar-refractivity contribution in [2.75, 3.05) is 34.8 Å². The number of nitrogens with one attached hydrogen (secondary N) is 1. The van der Waals surface area contributed by atoms with Crippen LogP contribution < -0.4 is 15.1 Å². The molecule has 11 heteroatoms. The Morgan fingerprint density at radius 2 is 1.89 bits per heavy atom. The summed E-state index contributed by atoms with van der Waals surface area (Å²) in [5.41, 5.74) is 2.83. The smallest absolute Gasteiger partial charge is 0.410 e. The number of anilines is 3. The third-order valence-electron chi connectivity index (χ3n) is 7.43. The number of pyridine rings is 2. The molecule has 2 fully saturated rings. The monoisotopic (exact) mass is 521 g/mol. The molecule has 2 saturated heterocycles. The van der Waals surface area contributed by atoms with Crippen molar-refractivity contribution in [2.24, 2.45) is 0 Å². The first kappa shape index (κ1) is 24.4. The third-order valence-corrected chi connectivity index (χ3v) is 7.43. The SMILES string of the molecule is Cc1cn2cc(NC(=O)N3CCc4c(N5CC6CCC(C5)N6C(=O)OC(C)(C)C)ccnc43)c(F)cc2n1. The van der Waals surface area contributed by atoms with Crippen LogP contribution in [0.3, 0.4) is 0 Å². The number of piperazine rings is 1. The topological polar surface area (TPSA) is 95.3 Å². The van der Waals surface area contributed by atoms with Gasteiger partial charge in [0.2, 0.25) is 0 Å². The predicted octanol–water partition coefficient (Wildman–Crippen LogP) is 4.36. The van der Waals surface area contributed by atoms with E-state index in [1.807, 2.05) is 38.7 Å². The molecule has 1 N–H and O–H groups in total. The van der Waals surface area contributed by atoms with Crippen molar-refractivity contribution in [3.63, 3.8) is 0 Å². The highest BCUT2D eigenvalue weighted by Crippen LogP contribution is 2.39. The van der Waals surface area contributed by atoms with E-state index in [2.05, 4.69) is 20.2 Å². The second-order valence-corrected chi connectivity index (χ2v) is 11.3. The number of amides is 3. The van der Waals surface area contributed by atoms with Gasteiger partial charge in [-0.15, -0.1) is 0 Å². The highest BCUT2D eigenvalue weighted by molar-refractivity contribution is 6.03. The molecule has 3 aromatic heterocycles. The highest BCUT2D eigenvalue weighted by atomic mass is 19.1. The maximum Gasteiger partial charge on any atom is 0.410 e. The van der Waals surface area contributed by atoms with Crippen LogP contribution in [-0.4, -0.2) is 68.7 Å². The van der Waals surface area contributed by atoms with Crippen molar-refractivity contribution in [1.82, 2.24) is 19.3 Å². The van der Waals surface area contributed by atoms with E-state index in [9.17, 15) is 14.0 Å². The van der Waals surface area contributed by atoms with Gasteiger partial charge < -0.3 is 19.4 Å². The van der Waals surface area contributed by atoms with Crippen LogP contribution in [0.5, 0.6) is 0 Å². The molecule has 10 nitrogen and oxygen atoms in total. The number of imidazole rings is 1. The largest absolute Gasteiger partial charge is 0.444 e. The Hall–Kier alpha value is -3.89. The van der Waals surface area contributed by atoms with Crippen LogP contribution in [0.1, 0.15) is 44.9 Å². The van der Waals surface area contributed by atoms with Crippen LogP contribution in [0.25, 0.3) is 5.65 Å². The molecule has 0 radical (unpaired) electrons. The van der Waals surface area contributed by atoms with Gasteiger partial charge in [-0.05, 0) is 53.0 Å². The predicted molar refractivity (Wildman–Crippen MR) is 141 cm³/mol. The summed E-state index contributed by atoms with van der Waals surface area (Å²) in [5, 5.41) is 2.71. The number of urea groups is 1. The van der Waals surface area contributed by atoms with Crippen molar-refractivity contribution >= 4 is 35.0 Å². The number of carbonyl (C=O) groups is 2. The van der Waals surface area contributed by atoms with Crippen molar-refractivity contribution in [3.05, 3.63) is 47.8 Å². The van der Waals surface area contributed by atoms with Crippen LogP contribution in [0.15, 0.2) is 30.7 Å². The summed E-state index contributed by atoms with van der Waals surface area (Å²) >= 11 is 0. The quantitative estimate of drug-likeness (QED) is 0.539. The number of hydrogen-bond donors (Lipinski definition) is 1. The minimum absolute atomic E-state index is 0.0814. The minimum Gasteiger partial charge on any atom is -0.444 e. The van der Waals surface area contributed by atoms with Crippen LogP contribution in [0, 0.1) is 12.7 Å². The van der Waals surface area contributed by atoms with Gasteiger partial charge in [-0.3, -0.25) is 9.80 Å². The van der Waals surface area contributed by atoms with Crippen molar-refractivity contribution < 1.29 is 18.7 Å². The third kappa shape index (κ3) is 4.29. The lowest BCUT2D eigenvalue weighted by atomic mass is 10.1. The summed E-state index contributed by atoms with van der Waals surface area (Å²) in [5.74, 6) is 0.0396. The van der Waals surface area contributed by atoms with Gasteiger partial charge in [0.05, 0.1) is 23.5 Å². The zero-order valence-corrected chi connectivity index (χ0v) is 22.1. The fourth-order valence-corrected chi connectivity index (χ4v) is 5.89. The van der Waals surface area contributed by atoms with Gasteiger partial charge >= 0.3 is 12.1 Å². The molecule has 3 amide bonds. The van der Waals surface area contributed by atoms with E-state index in [1.165, 1.54) is 12.3 Å². The van der Waals surface area contributed by atoms with E-state index in [4.69, 9.17) is 4.74 Å². The van der Waals surface area contributed by atoms with E-state index in [1.54, 1.807) is 21.7 Å². The van der Waals surface area contributed by atoms with E-state index in [-0.39, 0.29) is 23.9 Å². The Kier molecular flexibility index (Phi) is 5.69. The molecule has 6 rings (SSSR count). The molecular formula is C27H32FN7O3.